The summed E-state index contributed by atoms with van der Waals surface area (Å²) < 4.78 is 5.96. The van der Waals surface area contributed by atoms with Crippen molar-refractivity contribution >= 4 is 57.3 Å². The Morgan fingerprint density at radius 2 is 1.97 bits per heavy atom. The standard InChI is InChI=1S/C19H15IN2O6S/c1-2-28-15-8-12(7-14(20)17(15)23)9-16-18(24)21(19(25)29-16)10-11-3-5-13(6-4-11)22(26)27/h3-9,23H,2,10H2,1H3/b16-9-. The van der Waals surface area contributed by atoms with E-state index in [9.17, 15) is 24.8 Å². The van der Waals surface area contributed by atoms with E-state index in [1.807, 2.05) is 22.6 Å². The van der Waals surface area contributed by atoms with Crippen LogP contribution in [0.5, 0.6) is 11.5 Å². The number of nitro benzene ring substituents is 1. The van der Waals surface area contributed by atoms with Crippen LogP contribution in [0.2, 0.25) is 0 Å². The van der Waals surface area contributed by atoms with Crippen LogP contribution in [0.3, 0.4) is 0 Å². The minimum atomic E-state index is -0.512. The summed E-state index contributed by atoms with van der Waals surface area (Å²) >= 11 is 2.78. The van der Waals surface area contributed by atoms with E-state index in [0.29, 0.717) is 27.1 Å². The number of benzene rings is 2. The van der Waals surface area contributed by atoms with Crippen LogP contribution >= 0.6 is 34.4 Å². The SMILES string of the molecule is CCOc1cc(/C=C2\SC(=O)N(Cc3ccc([N+](=O)[O-])cc3)C2=O)cc(I)c1O. The molecule has 1 aliphatic rings. The van der Waals surface area contributed by atoms with E-state index in [1.54, 1.807) is 25.1 Å². The van der Waals surface area contributed by atoms with Gasteiger partial charge in [-0.05, 0) is 70.6 Å². The number of imide groups is 1. The summed E-state index contributed by atoms with van der Waals surface area (Å²) in [5, 5.41) is 20.4. The van der Waals surface area contributed by atoms with E-state index in [1.165, 1.54) is 24.3 Å². The van der Waals surface area contributed by atoms with Gasteiger partial charge in [-0.1, -0.05) is 12.1 Å². The highest BCUT2D eigenvalue weighted by molar-refractivity contribution is 14.1. The molecule has 29 heavy (non-hydrogen) atoms. The molecule has 1 fully saturated rings. The van der Waals surface area contributed by atoms with E-state index in [0.717, 1.165) is 16.7 Å². The monoisotopic (exact) mass is 526 g/mol. The smallest absolute Gasteiger partial charge is 0.293 e. The van der Waals surface area contributed by atoms with Gasteiger partial charge in [0.25, 0.3) is 16.8 Å². The Labute approximate surface area is 183 Å². The third kappa shape index (κ3) is 4.70. The zero-order valence-electron chi connectivity index (χ0n) is 15.1. The number of amides is 2. The lowest BCUT2D eigenvalue weighted by atomic mass is 10.1. The maximum absolute atomic E-state index is 12.7. The van der Waals surface area contributed by atoms with Gasteiger partial charge in [-0.3, -0.25) is 24.6 Å². The van der Waals surface area contributed by atoms with Gasteiger partial charge in [0, 0.05) is 12.1 Å². The van der Waals surface area contributed by atoms with E-state index >= 15 is 0 Å². The average molecular weight is 526 g/mol. The van der Waals surface area contributed by atoms with Gasteiger partial charge in [0.1, 0.15) is 0 Å². The average Bonchev–Trinajstić information content (AvgIpc) is 2.93. The number of ether oxygens (including phenoxy) is 1. The molecule has 150 valence electrons. The van der Waals surface area contributed by atoms with Crippen LogP contribution in [0, 0.1) is 13.7 Å². The van der Waals surface area contributed by atoms with Gasteiger partial charge in [0.05, 0.1) is 26.6 Å². The Hall–Kier alpha value is -2.60. The highest BCUT2D eigenvalue weighted by atomic mass is 127. The molecule has 0 spiro atoms. The molecule has 1 N–H and O–H groups in total. The molecule has 1 aliphatic heterocycles. The molecule has 0 saturated carbocycles. The molecule has 1 saturated heterocycles. The lowest BCUT2D eigenvalue weighted by Crippen LogP contribution is -2.27. The molecule has 3 rings (SSSR count). The summed E-state index contributed by atoms with van der Waals surface area (Å²) in [4.78, 5) is 36.6. The third-order valence-electron chi connectivity index (χ3n) is 4.01. The van der Waals surface area contributed by atoms with Gasteiger partial charge in [0.2, 0.25) is 0 Å². The molecule has 8 nitrogen and oxygen atoms in total. The molecular formula is C19H15IN2O6S. The first-order valence-electron chi connectivity index (χ1n) is 8.44. The molecule has 0 bridgehead atoms. The number of nitro groups is 1. The predicted octanol–water partition coefficient (Wildman–Crippen LogP) is 4.54. The van der Waals surface area contributed by atoms with E-state index < -0.39 is 16.1 Å². The van der Waals surface area contributed by atoms with Crippen LogP contribution in [0.15, 0.2) is 41.3 Å². The second-order valence-corrected chi connectivity index (χ2v) is 8.13. The van der Waals surface area contributed by atoms with Crippen molar-refractivity contribution < 1.29 is 24.4 Å². The van der Waals surface area contributed by atoms with Gasteiger partial charge in [-0.25, -0.2) is 0 Å². The fraction of sp³-hybridized carbons (Fsp3) is 0.158. The minimum absolute atomic E-state index is 0.0240. The van der Waals surface area contributed by atoms with Crippen LogP contribution in [0.4, 0.5) is 10.5 Å². The molecule has 2 aromatic rings. The number of hydrogen-bond acceptors (Lipinski definition) is 7. The quantitative estimate of drug-likeness (QED) is 0.255. The lowest BCUT2D eigenvalue weighted by Gasteiger charge is -2.12. The van der Waals surface area contributed by atoms with Crippen LogP contribution < -0.4 is 4.74 Å². The summed E-state index contributed by atoms with van der Waals surface area (Å²) in [6, 6.07) is 8.98. The molecule has 2 aromatic carbocycles. The van der Waals surface area contributed by atoms with Crippen LogP contribution in [0.25, 0.3) is 6.08 Å². The van der Waals surface area contributed by atoms with E-state index in [-0.39, 0.29) is 22.9 Å². The first-order valence-corrected chi connectivity index (χ1v) is 10.3. The minimum Gasteiger partial charge on any atom is -0.504 e. The summed E-state index contributed by atoms with van der Waals surface area (Å²) in [7, 11) is 0. The van der Waals surface area contributed by atoms with Crippen LogP contribution in [0.1, 0.15) is 18.1 Å². The van der Waals surface area contributed by atoms with Crippen molar-refractivity contribution in [3.05, 3.63) is 66.1 Å². The summed E-state index contributed by atoms with van der Waals surface area (Å²) in [6.07, 6.45) is 1.57. The second kappa shape index (κ2) is 8.82. The Kier molecular flexibility index (Phi) is 6.42. The normalized spacial score (nSPS) is 15.2. The molecule has 2 amide bonds. The molecule has 0 aromatic heterocycles. The fourth-order valence-corrected chi connectivity index (χ4v) is 4.10. The summed E-state index contributed by atoms with van der Waals surface area (Å²) in [5.74, 6) is -0.119. The molecule has 0 atom stereocenters. The number of phenolic OH excluding ortho intramolecular Hbond substituents is 1. The van der Waals surface area contributed by atoms with E-state index in [2.05, 4.69) is 0 Å². The van der Waals surface area contributed by atoms with Gasteiger partial charge < -0.3 is 9.84 Å². The number of aromatic hydroxyl groups is 1. The van der Waals surface area contributed by atoms with Gasteiger partial charge in [-0.2, -0.15) is 0 Å². The van der Waals surface area contributed by atoms with E-state index in [4.69, 9.17) is 4.74 Å². The largest absolute Gasteiger partial charge is 0.504 e. The molecule has 1 heterocycles. The summed E-state index contributed by atoms with van der Waals surface area (Å²) in [6.45, 7) is 2.19. The van der Waals surface area contributed by atoms with Crippen molar-refractivity contribution in [2.24, 2.45) is 0 Å². The number of carbonyl (C=O) groups is 2. The van der Waals surface area contributed by atoms with Crippen LogP contribution in [-0.4, -0.2) is 32.7 Å². The zero-order valence-corrected chi connectivity index (χ0v) is 18.1. The molecule has 0 radical (unpaired) electrons. The first kappa shape index (κ1) is 21.1. The topological polar surface area (TPSA) is 110 Å². The Balaban J connectivity index is 1.82. The summed E-state index contributed by atoms with van der Waals surface area (Å²) in [5.41, 5.74) is 1.17. The van der Waals surface area contributed by atoms with Gasteiger partial charge in [-0.15, -0.1) is 0 Å². The van der Waals surface area contributed by atoms with Gasteiger partial charge in [0.15, 0.2) is 11.5 Å². The molecule has 0 aliphatic carbocycles. The number of halogens is 1. The Morgan fingerprint density at radius 1 is 1.28 bits per heavy atom. The predicted molar refractivity (Wildman–Crippen MR) is 117 cm³/mol. The molecular weight excluding hydrogens is 511 g/mol. The maximum Gasteiger partial charge on any atom is 0.293 e. The number of non-ortho nitro benzene ring substituents is 1. The Bertz CT molecular complexity index is 1020. The number of carbonyl (C=O) groups excluding carboxylic acids is 2. The molecule has 10 heteroatoms. The van der Waals surface area contributed by atoms with Crippen molar-refractivity contribution in [1.29, 1.82) is 0 Å². The number of thioether (sulfide) groups is 1. The highest BCUT2D eigenvalue weighted by Gasteiger charge is 2.35. The lowest BCUT2D eigenvalue weighted by molar-refractivity contribution is -0.384. The zero-order chi connectivity index (χ0) is 21.1. The second-order valence-electron chi connectivity index (χ2n) is 5.97. The molecule has 0 unspecified atom stereocenters. The maximum atomic E-state index is 12.7. The van der Waals surface area contributed by atoms with Crippen molar-refractivity contribution in [3.63, 3.8) is 0 Å². The first-order chi connectivity index (χ1) is 13.8. The highest BCUT2D eigenvalue weighted by Crippen LogP contribution is 2.37. The van der Waals surface area contributed by atoms with Crippen LogP contribution in [-0.2, 0) is 11.3 Å². The third-order valence-corrected chi connectivity index (χ3v) is 5.74. The number of nitrogens with zero attached hydrogens (tertiary/aromatic N) is 2. The van der Waals surface area contributed by atoms with Gasteiger partial charge >= 0.3 is 0 Å². The van der Waals surface area contributed by atoms with Crippen molar-refractivity contribution in [2.75, 3.05) is 6.61 Å². The van der Waals surface area contributed by atoms with Crippen molar-refractivity contribution in [1.82, 2.24) is 4.90 Å². The fourth-order valence-electron chi connectivity index (χ4n) is 2.64. The number of hydrogen-bond donors (Lipinski definition) is 1. The number of phenols is 1. The number of rotatable bonds is 6. The van der Waals surface area contributed by atoms with Crippen molar-refractivity contribution in [2.45, 2.75) is 13.5 Å². The Morgan fingerprint density at radius 3 is 2.59 bits per heavy atom. The van der Waals surface area contributed by atoms with Crippen molar-refractivity contribution in [3.8, 4) is 11.5 Å².